The van der Waals surface area contributed by atoms with Gasteiger partial charge in [0.15, 0.2) is 0 Å². The summed E-state index contributed by atoms with van der Waals surface area (Å²) in [6.07, 6.45) is 3.04. The lowest BCUT2D eigenvalue weighted by molar-refractivity contribution is -0.145. The van der Waals surface area contributed by atoms with Gasteiger partial charge >= 0.3 is 11.9 Å². The molecule has 0 spiro atoms. The van der Waals surface area contributed by atoms with E-state index in [2.05, 4.69) is 41.5 Å². The number of esters is 2. The zero-order valence-corrected chi connectivity index (χ0v) is 29.7. The highest BCUT2D eigenvalue weighted by Crippen LogP contribution is 2.40. The second-order valence-corrected chi connectivity index (χ2v) is 14.3. The summed E-state index contributed by atoms with van der Waals surface area (Å²) in [7, 11) is 0. The minimum atomic E-state index is -0.279. The topological polar surface area (TPSA) is 112 Å². The van der Waals surface area contributed by atoms with Crippen LogP contribution >= 0.6 is 0 Å². The summed E-state index contributed by atoms with van der Waals surface area (Å²) < 4.78 is 21.7. The van der Waals surface area contributed by atoms with E-state index in [-0.39, 0.29) is 54.7 Å². The molecule has 46 heavy (non-hydrogen) atoms. The van der Waals surface area contributed by atoms with Crippen LogP contribution in [-0.4, -0.2) is 61.8 Å². The van der Waals surface area contributed by atoms with Crippen molar-refractivity contribution < 1.29 is 38.7 Å². The van der Waals surface area contributed by atoms with Crippen molar-refractivity contribution in [2.24, 2.45) is 0 Å². The van der Waals surface area contributed by atoms with Gasteiger partial charge in [0.2, 0.25) is 0 Å². The van der Waals surface area contributed by atoms with E-state index < -0.39 is 0 Å². The van der Waals surface area contributed by atoms with Crippen molar-refractivity contribution in [1.82, 2.24) is 0 Å². The highest BCUT2D eigenvalue weighted by Gasteiger charge is 2.26. The van der Waals surface area contributed by atoms with E-state index in [9.17, 15) is 19.8 Å². The Morgan fingerprint density at radius 1 is 0.674 bits per heavy atom. The summed E-state index contributed by atoms with van der Waals surface area (Å²) in [5.41, 5.74) is 5.18. The van der Waals surface area contributed by atoms with Crippen molar-refractivity contribution in [1.29, 1.82) is 0 Å². The average molecular weight is 643 g/mol. The lowest BCUT2D eigenvalue weighted by atomic mass is 9.78. The van der Waals surface area contributed by atoms with Crippen LogP contribution in [0, 0.1) is 0 Å². The number of hydrogen-bond acceptors (Lipinski definition) is 8. The third-order valence-electron chi connectivity index (χ3n) is 7.86. The molecule has 2 aromatic carbocycles. The van der Waals surface area contributed by atoms with Gasteiger partial charge in [0.05, 0.1) is 13.2 Å². The Balaban J connectivity index is 1.56. The summed E-state index contributed by atoms with van der Waals surface area (Å²) in [5, 5.41) is 21.3. The first-order valence-electron chi connectivity index (χ1n) is 16.7. The van der Waals surface area contributed by atoms with Crippen LogP contribution in [0.25, 0.3) is 0 Å². The first-order valence-corrected chi connectivity index (χ1v) is 16.7. The molecule has 0 aromatic heterocycles. The van der Waals surface area contributed by atoms with Crippen LogP contribution in [0.5, 0.6) is 11.5 Å². The Bertz CT molecular complexity index is 1230. The molecule has 0 aliphatic rings. The predicted octanol–water partition coefficient (Wildman–Crippen LogP) is 7.45. The molecule has 2 N–H and O–H groups in total. The standard InChI is InChI=1S/C38H58O8/c1-10-29-22-27(23-30(26(2)3)35(29)41)12-14-33(39)45-20-18-43-16-11-17-44-19-21-46-34(40)15-13-28-24-31(37(4,5)6)36(42)32(25-28)38(7,8)9/h22-26,41-42H,10-21H2,1-9H3. The molecule has 2 rings (SSSR count). The van der Waals surface area contributed by atoms with E-state index in [0.717, 1.165) is 39.8 Å². The van der Waals surface area contributed by atoms with Crippen LogP contribution < -0.4 is 0 Å². The highest BCUT2D eigenvalue weighted by molar-refractivity contribution is 5.70. The van der Waals surface area contributed by atoms with Gasteiger partial charge in [-0.2, -0.15) is 0 Å². The van der Waals surface area contributed by atoms with Crippen molar-refractivity contribution in [3.8, 4) is 11.5 Å². The third kappa shape index (κ3) is 13.0. The number of aryl methyl sites for hydroxylation is 3. The van der Waals surface area contributed by atoms with Gasteiger partial charge in [-0.25, -0.2) is 0 Å². The van der Waals surface area contributed by atoms with Crippen molar-refractivity contribution in [2.45, 2.75) is 118 Å². The number of aromatic hydroxyl groups is 2. The fraction of sp³-hybridized carbons (Fsp3) is 0.632. The zero-order valence-electron chi connectivity index (χ0n) is 29.7. The molecule has 0 fully saturated rings. The van der Waals surface area contributed by atoms with Crippen LogP contribution in [0.1, 0.15) is 121 Å². The van der Waals surface area contributed by atoms with Crippen molar-refractivity contribution in [3.63, 3.8) is 0 Å². The fourth-order valence-corrected chi connectivity index (χ4v) is 5.16. The smallest absolute Gasteiger partial charge is 0.306 e. The molecule has 2 aromatic rings. The molecular weight excluding hydrogens is 584 g/mol. The van der Waals surface area contributed by atoms with E-state index in [1.165, 1.54) is 0 Å². The normalized spacial score (nSPS) is 12.0. The number of phenols is 2. The summed E-state index contributed by atoms with van der Waals surface area (Å²) in [6.45, 7) is 20.5. The van der Waals surface area contributed by atoms with Crippen LogP contribution in [0.3, 0.4) is 0 Å². The van der Waals surface area contributed by atoms with Gasteiger partial charge in [0.1, 0.15) is 24.7 Å². The monoisotopic (exact) mass is 642 g/mol. The largest absolute Gasteiger partial charge is 0.507 e. The number of hydrogen-bond donors (Lipinski definition) is 2. The summed E-state index contributed by atoms with van der Waals surface area (Å²) in [4.78, 5) is 24.5. The Hall–Kier alpha value is -3.10. The molecule has 0 bridgehead atoms. The van der Waals surface area contributed by atoms with Crippen molar-refractivity contribution in [3.05, 3.63) is 57.6 Å². The number of ether oxygens (including phenoxy) is 4. The van der Waals surface area contributed by atoms with Crippen LogP contribution in [0.4, 0.5) is 0 Å². The van der Waals surface area contributed by atoms with Crippen LogP contribution in [0.15, 0.2) is 24.3 Å². The SMILES string of the molecule is CCc1cc(CCC(=O)OCCOCCCOCCOC(=O)CCc2cc(C(C)(C)C)c(O)c(C(C)(C)C)c2)cc(C(C)C)c1O. The molecule has 0 amide bonds. The van der Waals surface area contributed by atoms with E-state index >= 15 is 0 Å². The summed E-state index contributed by atoms with van der Waals surface area (Å²) in [5.74, 6) is 0.346. The van der Waals surface area contributed by atoms with Gasteiger partial charge in [0.25, 0.3) is 0 Å². The van der Waals surface area contributed by atoms with E-state index in [1.54, 1.807) is 0 Å². The average Bonchev–Trinajstić information content (AvgIpc) is 2.97. The Kier molecular flexibility index (Phi) is 15.5. The third-order valence-corrected chi connectivity index (χ3v) is 7.86. The van der Waals surface area contributed by atoms with Gasteiger partial charge in [-0.05, 0) is 75.8 Å². The van der Waals surface area contributed by atoms with Crippen molar-refractivity contribution in [2.75, 3.05) is 39.6 Å². The predicted molar refractivity (Wildman–Crippen MR) is 182 cm³/mol. The summed E-state index contributed by atoms with van der Waals surface area (Å²) >= 11 is 0. The molecular formula is C38H58O8. The number of phenolic OH excluding ortho intramolecular Hbond substituents is 2. The second-order valence-electron chi connectivity index (χ2n) is 14.3. The molecule has 0 unspecified atom stereocenters. The van der Waals surface area contributed by atoms with E-state index in [0.29, 0.717) is 57.2 Å². The van der Waals surface area contributed by atoms with Crippen LogP contribution in [-0.2, 0) is 58.6 Å². The Morgan fingerprint density at radius 2 is 1.13 bits per heavy atom. The maximum Gasteiger partial charge on any atom is 0.306 e. The Morgan fingerprint density at radius 3 is 1.54 bits per heavy atom. The maximum absolute atomic E-state index is 12.3. The fourth-order valence-electron chi connectivity index (χ4n) is 5.16. The van der Waals surface area contributed by atoms with Gasteiger partial charge in [-0.3, -0.25) is 9.59 Å². The second kappa shape index (κ2) is 18.3. The van der Waals surface area contributed by atoms with Crippen LogP contribution in [0.2, 0.25) is 0 Å². The molecule has 258 valence electrons. The molecule has 0 saturated heterocycles. The Labute approximate surface area is 276 Å². The van der Waals surface area contributed by atoms with E-state index in [4.69, 9.17) is 18.9 Å². The minimum absolute atomic E-state index is 0.189. The number of carbonyl (C=O) groups is 2. The van der Waals surface area contributed by atoms with E-state index in [1.807, 2.05) is 45.0 Å². The number of rotatable bonds is 18. The number of benzene rings is 2. The van der Waals surface area contributed by atoms with Gasteiger partial charge in [-0.15, -0.1) is 0 Å². The van der Waals surface area contributed by atoms with Crippen molar-refractivity contribution >= 4 is 11.9 Å². The van der Waals surface area contributed by atoms with Gasteiger partial charge < -0.3 is 29.2 Å². The lowest BCUT2D eigenvalue weighted by Crippen LogP contribution is -2.18. The lowest BCUT2D eigenvalue weighted by Gasteiger charge is -2.28. The molecule has 0 aliphatic carbocycles. The van der Waals surface area contributed by atoms with Gasteiger partial charge in [-0.1, -0.05) is 86.6 Å². The molecule has 0 saturated carbocycles. The first-order chi connectivity index (χ1) is 21.5. The minimum Gasteiger partial charge on any atom is -0.507 e. The molecule has 0 heterocycles. The maximum atomic E-state index is 12.3. The molecule has 8 nitrogen and oxygen atoms in total. The molecule has 0 radical (unpaired) electrons. The molecule has 0 aliphatic heterocycles. The quantitative estimate of drug-likeness (QED) is 0.127. The zero-order chi connectivity index (χ0) is 34.5. The first kappa shape index (κ1) is 39.1. The number of carbonyl (C=O) groups excluding carboxylic acids is 2. The highest BCUT2D eigenvalue weighted by atomic mass is 16.6. The van der Waals surface area contributed by atoms with Gasteiger partial charge in [0, 0.05) is 26.1 Å². The molecule has 8 heteroatoms. The summed E-state index contributed by atoms with van der Waals surface area (Å²) in [6, 6.07) is 7.94. The molecule has 0 atom stereocenters.